The van der Waals surface area contributed by atoms with E-state index in [0.29, 0.717) is 0 Å². The Bertz CT molecular complexity index is 361. The molecule has 0 bridgehead atoms. The van der Waals surface area contributed by atoms with E-state index in [4.69, 9.17) is 5.73 Å². The molecule has 0 aliphatic rings. The highest BCUT2D eigenvalue weighted by Crippen LogP contribution is 2.04. The third kappa shape index (κ3) is 2.97. The lowest BCUT2D eigenvalue weighted by Gasteiger charge is -2.03. The van der Waals surface area contributed by atoms with E-state index in [2.05, 4.69) is 20.3 Å². The molecule has 7 nitrogen and oxygen atoms in total. The fourth-order valence-corrected chi connectivity index (χ4v) is 0.930. The van der Waals surface area contributed by atoms with Crippen LogP contribution in [0.1, 0.15) is 17.4 Å². The summed E-state index contributed by atoms with van der Waals surface area (Å²) < 4.78 is 4.63. The van der Waals surface area contributed by atoms with Crippen molar-refractivity contribution < 1.29 is 14.3 Å². The lowest BCUT2D eigenvalue weighted by Crippen LogP contribution is -2.31. The van der Waals surface area contributed by atoms with Crippen LogP contribution in [-0.4, -0.2) is 35.2 Å². The molecule has 0 spiro atoms. The van der Waals surface area contributed by atoms with Crippen molar-refractivity contribution in [1.29, 1.82) is 0 Å². The number of nitrogens with zero attached hydrogens (tertiary/aromatic N) is 1. The van der Waals surface area contributed by atoms with E-state index in [0.717, 1.165) is 0 Å². The van der Waals surface area contributed by atoms with Gasteiger partial charge in [0.25, 0.3) is 5.91 Å². The van der Waals surface area contributed by atoms with Gasteiger partial charge in [-0.15, -0.1) is 0 Å². The van der Waals surface area contributed by atoms with Crippen LogP contribution in [0, 0.1) is 0 Å². The van der Waals surface area contributed by atoms with Gasteiger partial charge >= 0.3 is 5.97 Å². The van der Waals surface area contributed by atoms with Gasteiger partial charge in [0.05, 0.1) is 18.5 Å². The molecule has 1 aromatic rings. The minimum Gasteiger partial charge on any atom is -0.465 e. The van der Waals surface area contributed by atoms with Crippen LogP contribution < -0.4 is 11.1 Å². The summed E-state index contributed by atoms with van der Waals surface area (Å²) in [6.07, 6.45) is 1.32. The number of rotatable bonds is 4. The smallest absolute Gasteiger partial charge is 0.325 e. The number of esters is 1. The molecule has 82 valence electrons. The maximum atomic E-state index is 11.4. The van der Waals surface area contributed by atoms with E-state index in [1.54, 1.807) is 6.92 Å². The molecule has 1 aromatic heterocycles. The molecule has 1 amide bonds. The molecule has 0 unspecified atom stereocenters. The molecule has 0 radical (unpaired) electrons. The summed E-state index contributed by atoms with van der Waals surface area (Å²) in [7, 11) is 0. The largest absolute Gasteiger partial charge is 0.465 e. The first kappa shape index (κ1) is 11.0. The van der Waals surface area contributed by atoms with E-state index in [9.17, 15) is 9.59 Å². The number of amides is 1. The highest BCUT2D eigenvalue weighted by molar-refractivity contribution is 5.98. The lowest BCUT2D eigenvalue weighted by molar-refractivity contribution is -0.141. The van der Waals surface area contributed by atoms with E-state index in [-0.39, 0.29) is 24.5 Å². The number of ether oxygens (including phenoxy) is 1. The normalized spacial score (nSPS) is 9.67. The first-order valence-corrected chi connectivity index (χ1v) is 4.37. The number of aromatic amines is 1. The molecule has 1 heterocycles. The number of hydrogen-bond donors (Lipinski definition) is 3. The first-order chi connectivity index (χ1) is 7.15. The van der Waals surface area contributed by atoms with E-state index in [1.165, 1.54) is 6.20 Å². The summed E-state index contributed by atoms with van der Waals surface area (Å²) in [4.78, 5) is 22.3. The van der Waals surface area contributed by atoms with Crippen LogP contribution in [0.3, 0.4) is 0 Å². The van der Waals surface area contributed by atoms with E-state index in [1.807, 2.05) is 0 Å². The molecule has 0 atom stereocenters. The zero-order valence-corrected chi connectivity index (χ0v) is 8.24. The summed E-state index contributed by atoms with van der Waals surface area (Å²) >= 11 is 0. The standard InChI is InChI=1S/C8H12N4O3/c1-2-15-6(13)4-10-8(14)7-5(9)3-11-12-7/h3H,2,4,9H2,1H3,(H,10,14)(H,11,12). The van der Waals surface area contributed by atoms with Crippen LogP contribution in [0.15, 0.2) is 6.20 Å². The fraction of sp³-hybridized carbons (Fsp3) is 0.375. The molecule has 1 rings (SSSR count). The van der Waals surface area contributed by atoms with Crippen LogP contribution >= 0.6 is 0 Å². The van der Waals surface area contributed by atoms with Crippen LogP contribution in [-0.2, 0) is 9.53 Å². The predicted molar refractivity (Wildman–Crippen MR) is 52.0 cm³/mol. The summed E-state index contributed by atoms with van der Waals surface area (Å²) in [6, 6.07) is 0. The van der Waals surface area contributed by atoms with Crippen molar-refractivity contribution in [3.63, 3.8) is 0 Å². The van der Waals surface area contributed by atoms with Gasteiger partial charge in [0.1, 0.15) is 12.2 Å². The topological polar surface area (TPSA) is 110 Å². The van der Waals surface area contributed by atoms with Gasteiger partial charge < -0.3 is 15.8 Å². The second kappa shape index (κ2) is 4.99. The van der Waals surface area contributed by atoms with Crippen LogP contribution in [0.25, 0.3) is 0 Å². The molecule has 0 fully saturated rings. The molecule has 0 saturated heterocycles. The predicted octanol–water partition coefficient (Wildman–Crippen LogP) is -0.715. The number of nitrogen functional groups attached to an aromatic ring is 1. The van der Waals surface area contributed by atoms with Crippen molar-refractivity contribution >= 4 is 17.6 Å². The van der Waals surface area contributed by atoms with Gasteiger partial charge in [-0.1, -0.05) is 0 Å². The van der Waals surface area contributed by atoms with Crippen LogP contribution in [0.5, 0.6) is 0 Å². The van der Waals surface area contributed by atoms with E-state index < -0.39 is 11.9 Å². The molecule has 4 N–H and O–H groups in total. The van der Waals surface area contributed by atoms with Crippen LogP contribution in [0.2, 0.25) is 0 Å². The van der Waals surface area contributed by atoms with Gasteiger partial charge in [0.15, 0.2) is 0 Å². The molecule has 0 aliphatic carbocycles. The van der Waals surface area contributed by atoms with Crippen molar-refractivity contribution in [3.8, 4) is 0 Å². The Kier molecular flexibility index (Phi) is 3.67. The molecule has 0 saturated carbocycles. The number of carbonyl (C=O) groups excluding carboxylic acids is 2. The number of nitrogens with one attached hydrogen (secondary N) is 2. The molecule has 0 aromatic carbocycles. The quantitative estimate of drug-likeness (QED) is 0.571. The Morgan fingerprint density at radius 3 is 2.93 bits per heavy atom. The molecule has 15 heavy (non-hydrogen) atoms. The van der Waals surface area contributed by atoms with Crippen molar-refractivity contribution in [2.75, 3.05) is 18.9 Å². The van der Waals surface area contributed by atoms with Crippen LogP contribution in [0.4, 0.5) is 5.69 Å². The number of hydrogen-bond acceptors (Lipinski definition) is 5. The Morgan fingerprint density at radius 2 is 2.40 bits per heavy atom. The lowest BCUT2D eigenvalue weighted by atomic mass is 10.3. The summed E-state index contributed by atoms with van der Waals surface area (Å²) in [5.74, 6) is -0.984. The van der Waals surface area contributed by atoms with Crippen molar-refractivity contribution in [3.05, 3.63) is 11.9 Å². The first-order valence-electron chi connectivity index (χ1n) is 4.37. The molecular formula is C8H12N4O3. The third-order valence-corrected chi connectivity index (χ3v) is 1.59. The number of nitrogens with two attached hydrogens (primary N) is 1. The fourth-order valence-electron chi connectivity index (χ4n) is 0.930. The second-order valence-electron chi connectivity index (χ2n) is 2.69. The minimum atomic E-state index is -0.496. The second-order valence-corrected chi connectivity index (χ2v) is 2.69. The molecule has 0 aliphatic heterocycles. The third-order valence-electron chi connectivity index (χ3n) is 1.59. The highest BCUT2D eigenvalue weighted by atomic mass is 16.5. The molecule has 7 heteroatoms. The zero-order valence-electron chi connectivity index (χ0n) is 8.24. The van der Waals surface area contributed by atoms with Crippen molar-refractivity contribution in [2.24, 2.45) is 0 Å². The van der Waals surface area contributed by atoms with E-state index >= 15 is 0 Å². The highest BCUT2D eigenvalue weighted by Gasteiger charge is 2.12. The summed E-state index contributed by atoms with van der Waals surface area (Å²) in [5, 5.41) is 8.35. The maximum Gasteiger partial charge on any atom is 0.325 e. The summed E-state index contributed by atoms with van der Waals surface area (Å²) in [6.45, 7) is 1.78. The number of H-pyrrole nitrogens is 1. The Hall–Kier alpha value is -2.05. The number of anilines is 1. The SMILES string of the molecule is CCOC(=O)CNC(=O)c1[nH]ncc1N. The van der Waals surface area contributed by atoms with Crippen molar-refractivity contribution in [1.82, 2.24) is 15.5 Å². The summed E-state index contributed by atoms with van der Waals surface area (Å²) in [5.41, 5.74) is 5.81. The Morgan fingerprint density at radius 1 is 1.67 bits per heavy atom. The molecular weight excluding hydrogens is 200 g/mol. The van der Waals surface area contributed by atoms with Gasteiger partial charge in [-0.3, -0.25) is 14.7 Å². The van der Waals surface area contributed by atoms with Gasteiger partial charge in [0, 0.05) is 0 Å². The maximum absolute atomic E-state index is 11.4. The minimum absolute atomic E-state index is 0.138. The average Bonchev–Trinajstić information content (AvgIpc) is 2.61. The number of carbonyl (C=O) groups is 2. The Balaban J connectivity index is 2.44. The van der Waals surface area contributed by atoms with Gasteiger partial charge in [-0.25, -0.2) is 0 Å². The van der Waals surface area contributed by atoms with Gasteiger partial charge in [-0.2, -0.15) is 5.10 Å². The van der Waals surface area contributed by atoms with Crippen molar-refractivity contribution in [2.45, 2.75) is 6.92 Å². The average molecular weight is 212 g/mol. The Labute approximate surface area is 86.0 Å². The zero-order chi connectivity index (χ0) is 11.3. The monoisotopic (exact) mass is 212 g/mol. The number of aromatic nitrogens is 2. The van der Waals surface area contributed by atoms with Gasteiger partial charge in [0.2, 0.25) is 0 Å². The van der Waals surface area contributed by atoms with Gasteiger partial charge in [-0.05, 0) is 6.92 Å².